The molecule has 0 aliphatic heterocycles. The summed E-state index contributed by atoms with van der Waals surface area (Å²) in [4.78, 5) is 0. The highest BCUT2D eigenvalue weighted by Gasteiger charge is 2.04. The largest absolute Gasteiger partial charge is 0.207 e. The van der Waals surface area contributed by atoms with E-state index in [1.165, 1.54) is 12.1 Å². The maximum Gasteiger partial charge on any atom is 0.151 e. The molecule has 0 aliphatic rings. The zero-order valence-electron chi connectivity index (χ0n) is 9.98. The normalized spacial score (nSPS) is 11.9. The summed E-state index contributed by atoms with van der Waals surface area (Å²) in [6.45, 7) is 5.54. The molecule has 1 aromatic carbocycles. The Morgan fingerprint density at radius 2 is 1.65 bits per heavy atom. The van der Waals surface area contributed by atoms with Crippen LogP contribution in [0, 0.1) is 19.7 Å². The molecule has 2 rings (SSSR count). The topological polar surface area (TPSA) is 43.1 Å². The number of hydrogen-bond acceptors (Lipinski definition) is 3. The van der Waals surface area contributed by atoms with Gasteiger partial charge in [-0.25, -0.2) is 9.07 Å². The molecule has 0 amide bonds. The molecule has 88 valence electrons. The van der Waals surface area contributed by atoms with Gasteiger partial charge < -0.3 is 0 Å². The number of rotatable bonds is 2. The van der Waals surface area contributed by atoms with Crippen LogP contribution in [0.2, 0.25) is 0 Å². The summed E-state index contributed by atoms with van der Waals surface area (Å²) in [5, 5.41) is 12.2. The van der Waals surface area contributed by atoms with E-state index in [4.69, 9.17) is 0 Å². The minimum absolute atomic E-state index is 0.252. The molecule has 0 atom stereocenters. The molecule has 0 saturated carbocycles. The van der Waals surface area contributed by atoms with Gasteiger partial charge in [0.2, 0.25) is 0 Å². The van der Waals surface area contributed by atoms with Crippen LogP contribution in [0.25, 0.3) is 0 Å². The van der Waals surface area contributed by atoms with Crippen LogP contribution in [0.3, 0.4) is 0 Å². The van der Waals surface area contributed by atoms with Gasteiger partial charge in [0.1, 0.15) is 5.82 Å². The first-order valence-corrected chi connectivity index (χ1v) is 5.28. The van der Waals surface area contributed by atoms with Gasteiger partial charge in [0, 0.05) is 0 Å². The number of aromatic nitrogens is 3. The van der Waals surface area contributed by atoms with Crippen LogP contribution in [-0.2, 0) is 0 Å². The van der Waals surface area contributed by atoms with Crippen molar-refractivity contribution in [1.29, 1.82) is 0 Å². The molecule has 2 aromatic rings. The van der Waals surface area contributed by atoms with Gasteiger partial charge in [0.05, 0.1) is 5.71 Å². The van der Waals surface area contributed by atoms with Gasteiger partial charge in [0.25, 0.3) is 0 Å². The van der Waals surface area contributed by atoms with E-state index in [0.29, 0.717) is 0 Å². The molecule has 0 radical (unpaired) electrons. The summed E-state index contributed by atoms with van der Waals surface area (Å²) in [5.41, 5.74) is 1.66. The van der Waals surface area contributed by atoms with E-state index in [1.807, 2.05) is 20.8 Å². The lowest BCUT2D eigenvalue weighted by Crippen LogP contribution is -2.02. The lowest BCUT2D eigenvalue weighted by molar-refractivity contribution is 0.627. The van der Waals surface area contributed by atoms with E-state index in [2.05, 4.69) is 15.3 Å². The third-order valence-corrected chi connectivity index (χ3v) is 2.46. The fraction of sp³-hybridized carbons (Fsp3) is 0.250. The molecule has 0 bridgehead atoms. The Kier molecular flexibility index (Phi) is 2.99. The van der Waals surface area contributed by atoms with Crippen LogP contribution < -0.4 is 0 Å². The molecule has 1 heterocycles. The molecule has 4 nitrogen and oxygen atoms in total. The van der Waals surface area contributed by atoms with Crippen molar-refractivity contribution in [2.24, 2.45) is 5.10 Å². The molecular formula is C12H13FN4. The van der Waals surface area contributed by atoms with E-state index in [-0.39, 0.29) is 5.82 Å². The van der Waals surface area contributed by atoms with Gasteiger partial charge in [-0.2, -0.15) is 5.10 Å². The third kappa shape index (κ3) is 2.38. The molecule has 17 heavy (non-hydrogen) atoms. The SMILES string of the molecule is C/C(=N\n1c(C)nnc1C)c1ccc(F)cc1. The second kappa shape index (κ2) is 4.45. The van der Waals surface area contributed by atoms with Crippen LogP contribution in [0.4, 0.5) is 4.39 Å². The first-order chi connectivity index (χ1) is 8.08. The second-order valence-electron chi connectivity index (χ2n) is 3.80. The fourth-order valence-corrected chi connectivity index (χ4v) is 1.51. The third-order valence-electron chi connectivity index (χ3n) is 2.46. The highest BCUT2D eigenvalue weighted by Crippen LogP contribution is 2.06. The number of benzene rings is 1. The molecule has 0 fully saturated rings. The van der Waals surface area contributed by atoms with Gasteiger partial charge >= 0.3 is 0 Å². The van der Waals surface area contributed by atoms with Gasteiger partial charge in [0.15, 0.2) is 11.6 Å². The van der Waals surface area contributed by atoms with Crippen LogP contribution in [-0.4, -0.2) is 20.6 Å². The smallest absolute Gasteiger partial charge is 0.151 e. The summed E-state index contributed by atoms with van der Waals surface area (Å²) in [5.74, 6) is 1.20. The van der Waals surface area contributed by atoms with Crippen molar-refractivity contribution in [1.82, 2.24) is 14.9 Å². The van der Waals surface area contributed by atoms with Crippen LogP contribution in [0.15, 0.2) is 29.4 Å². The summed E-state index contributed by atoms with van der Waals surface area (Å²) < 4.78 is 14.5. The maximum absolute atomic E-state index is 12.8. The molecule has 5 heteroatoms. The van der Waals surface area contributed by atoms with Crippen molar-refractivity contribution in [3.05, 3.63) is 47.3 Å². The van der Waals surface area contributed by atoms with Gasteiger partial charge in [-0.3, -0.25) is 0 Å². The minimum Gasteiger partial charge on any atom is -0.207 e. The predicted octanol–water partition coefficient (Wildman–Crippen LogP) is 2.31. The highest BCUT2D eigenvalue weighted by molar-refractivity contribution is 5.98. The average molecular weight is 232 g/mol. The average Bonchev–Trinajstić information content (AvgIpc) is 2.61. The van der Waals surface area contributed by atoms with Crippen molar-refractivity contribution >= 4 is 5.71 Å². The van der Waals surface area contributed by atoms with Crippen molar-refractivity contribution in [3.8, 4) is 0 Å². The Morgan fingerprint density at radius 1 is 1.12 bits per heavy atom. The Bertz CT molecular complexity index is 535. The Labute approximate surface area is 98.8 Å². The molecule has 1 aromatic heterocycles. The molecular weight excluding hydrogens is 219 g/mol. The molecule has 0 N–H and O–H groups in total. The first-order valence-electron chi connectivity index (χ1n) is 5.28. The standard InChI is InChI=1S/C12H13FN4/c1-8(11-4-6-12(13)7-5-11)16-17-9(2)14-15-10(17)3/h4-7H,1-3H3/b16-8+. The Balaban J connectivity index is 2.37. The lowest BCUT2D eigenvalue weighted by atomic mass is 10.1. The second-order valence-corrected chi connectivity index (χ2v) is 3.80. The lowest BCUT2D eigenvalue weighted by Gasteiger charge is -2.03. The zero-order valence-corrected chi connectivity index (χ0v) is 9.98. The van der Waals surface area contributed by atoms with Crippen molar-refractivity contribution < 1.29 is 4.39 Å². The fourth-order valence-electron chi connectivity index (χ4n) is 1.51. The zero-order chi connectivity index (χ0) is 12.4. The van der Waals surface area contributed by atoms with E-state index in [9.17, 15) is 4.39 Å². The number of hydrogen-bond donors (Lipinski definition) is 0. The van der Waals surface area contributed by atoms with Crippen molar-refractivity contribution in [3.63, 3.8) is 0 Å². The molecule has 0 aliphatic carbocycles. The number of aryl methyl sites for hydroxylation is 2. The summed E-state index contributed by atoms with van der Waals surface area (Å²) in [6, 6.07) is 6.23. The molecule has 0 unspecified atom stereocenters. The van der Waals surface area contributed by atoms with E-state index in [0.717, 1.165) is 22.9 Å². The van der Waals surface area contributed by atoms with E-state index >= 15 is 0 Å². The van der Waals surface area contributed by atoms with Gasteiger partial charge in [-0.1, -0.05) is 12.1 Å². The van der Waals surface area contributed by atoms with E-state index in [1.54, 1.807) is 16.8 Å². The summed E-state index contributed by atoms with van der Waals surface area (Å²) in [7, 11) is 0. The summed E-state index contributed by atoms with van der Waals surface area (Å²) in [6.07, 6.45) is 0. The van der Waals surface area contributed by atoms with Crippen LogP contribution >= 0.6 is 0 Å². The molecule has 0 spiro atoms. The van der Waals surface area contributed by atoms with E-state index < -0.39 is 0 Å². The number of nitrogens with zero attached hydrogens (tertiary/aromatic N) is 4. The molecule has 0 saturated heterocycles. The maximum atomic E-state index is 12.8. The number of halogens is 1. The highest BCUT2D eigenvalue weighted by atomic mass is 19.1. The minimum atomic E-state index is -0.252. The van der Waals surface area contributed by atoms with Crippen LogP contribution in [0.1, 0.15) is 24.1 Å². The quantitative estimate of drug-likeness (QED) is 0.746. The Hall–Kier alpha value is -2.04. The predicted molar refractivity (Wildman–Crippen MR) is 63.5 cm³/mol. The van der Waals surface area contributed by atoms with Gasteiger partial charge in [-0.15, -0.1) is 10.2 Å². The van der Waals surface area contributed by atoms with Crippen LogP contribution in [0.5, 0.6) is 0 Å². The first kappa shape index (κ1) is 11.4. The summed E-state index contributed by atoms with van der Waals surface area (Å²) >= 11 is 0. The van der Waals surface area contributed by atoms with Crippen molar-refractivity contribution in [2.45, 2.75) is 20.8 Å². The van der Waals surface area contributed by atoms with Crippen molar-refractivity contribution in [2.75, 3.05) is 0 Å². The van der Waals surface area contributed by atoms with Gasteiger partial charge in [-0.05, 0) is 38.5 Å². The Morgan fingerprint density at radius 3 is 2.18 bits per heavy atom. The monoisotopic (exact) mass is 232 g/mol.